The van der Waals surface area contributed by atoms with Crippen molar-refractivity contribution in [2.24, 2.45) is 5.92 Å². The van der Waals surface area contributed by atoms with Gasteiger partial charge < -0.3 is 4.74 Å². The second-order valence-electron chi connectivity index (χ2n) is 5.01. The average Bonchev–Trinajstić information content (AvgIpc) is 2.38. The Morgan fingerprint density at radius 2 is 2.06 bits per heavy atom. The maximum absolute atomic E-state index is 13.4. The highest BCUT2D eigenvalue weighted by molar-refractivity contribution is 5.97. The summed E-state index contributed by atoms with van der Waals surface area (Å²) >= 11 is 0. The van der Waals surface area contributed by atoms with E-state index in [1.807, 2.05) is 0 Å². The molecule has 1 saturated carbocycles. The zero-order valence-corrected chi connectivity index (χ0v) is 10.7. The van der Waals surface area contributed by atoms with Crippen LogP contribution in [0.15, 0.2) is 24.3 Å². The third-order valence-electron chi connectivity index (χ3n) is 3.64. The molecule has 0 bridgehead atoms. The Hall–Kier alpha value is -1.22. The van der Waals surface area contributed by atoms with Crippen molar-refractivity contribution in [1.29, 1.82) is 0 Å². The molecule has 0 radical (unpaired) electrons. The van der Waals surface area contributed by atoms with Crippen LogP contribution in [0.2, 0.25) is 0 Å². The van der Waals surface area contributed by atoms with Crippen LogP contribution in [0.5, 0.6) is 0 Å². The van der Waals surface area contributed by atoms with E-state index in [-0.39, 0.29) is 24.1 Å². The number of halogens is 1. The van der Waals surface area contributed by atoms with Gasteiger partial charge >= 0.3 is 0 Å². The summed E-state index contributed by atoms with van der Waals surface area (Å²) in [5, 5.41) is 0. The van der Waals surface area contributed by atoms with E-state index < -0.39 is 5.82 Å². The maximum Gasteiger partial charge on any atom is 0.191 e. The van der Waals surface area contributed by atoms with Crippen molar-refractivity contribution in [2.45, 2.75) is 38.7 Å². The third kappa shape index (κ3) is 3.16. The Labute approximate surface area is 107 Å². The summed E-state index contributed by atoms with van der Waals surface area (Å²) in [6, 6.07) is 6.05. The molecule has 0 spiro atoms. The van der Waals surface area contributed by atoms with Gasteiger partial charge in [0, 0.05) is 0 Å². The molecule has 1 aromatic carbocycles. The minimum Gasteiger partial charge on any atom is -0.370 e. The number of hydrogen-bond donors (Lipinski definition) is 0. The number of rotatable bonds is 4. The zero-order valence-electron chi connectivity index (χ0n) is 10.7. The fourth-order valence-corrected chi connectivity index (χ4v) is 2.48. The summed E-state index contributed by atoms with van der Waals surface area (Å²) in [5.74, 6) is -0.249. The van der Waals surface area contributed by atoms with E-state index in [1.54, 1.807) is 12.1 Å². The average molecular weight is 250 g/mol. The van der Waals surface area contributed by atoms with E-state index in [1.165, 1.54) is 18.6 Å². The van der Waals surface area contributed by atoms with E-state index in [0.29, 0.717) is 5.92 Å². The minimum atomic E-state index is -0.470. The number of benzene rings is 1. The van der Waals surface area contributed by atoms with Crippen LogP contribution in [-0.2, 0) is 4.74 Å². The van der Waals surface area contributed by atoms with E-state index in [0.717, 1.165) is 19.3 Å². The van der Waals surface area contributed by atoms with Crippen molar-refractivity contribution in [3.8, 4) is 0 Å². The largest absolute Gasteiger partial charge is 0.370 e. The fourth-order valence-electron chi connectivity index (χ4n) is 2.48. The van der Waals surface area contributed by atoms with Crippen molar-refractivity contribution in [3.05, 3.63) is 35.6 Å². The number of hydrogen-bond acceptors (Lipinski definition) is 2. The van der Waals surface area contributed by atoms with Crippen molar-refractivity contribution in [3.63, 3.8) is 0 Å². The Bertz CT molecular complexity index is 417. The van der Waals surface area contributed by atoms with Gasteiger partial charge in [0.2, 0.25) is 0 Å². The quantitative estimate of drug-likeness (QED) is 0.763. The molecular weight excluding hydrogens is 231 g/mol. The van der Waals surface area contributed by atoms with Crippen LogP contribution in [0.1, 0.15) is 43.0 Å². The lowest BCUT2D eigenvalue weighted by atomic mass is 9.88. The van der Waals surface area contributed by atoms with Crippen LogP contribution in [-0.4, -0.2) is 18.5 Å². The first-order valence-electron chi connectivity index (χ1n) is 6.58. The molecule has 2 rings (SSSR count). The van der Waals surface area contributed by atoms with Crippen LogP contribution in [0.25, 0.3) is 0 Å². The van der Waals surface area contributed by atoms with Gasteiger partial charge in [-0.05, 0) is 30.9 Å². The number of ketones is 1. The van der Waals surface area contributed by atoms with Gasteiger partial charge in [-0.3, -0.25) is 4.79 Å². The van der Waals surface area contributed by atoms with Crippen LogP contribution >= 0.6 is 0 Å². The molecule has 0 aliphatic heterocycles. The summed E-state index contributed by atoms with van der Waals surface area (Å²) in [7, 11) is 0. The summed E-state index contributed by atoms with van der Waals surface area (Å²) < 4.78 is 19.1. The van der Waals surface area contributed by atoms with Gasteiger partial charge in [-0.15, -0.1) is 0 Å². The van der Waals surface area contributed by atoms with E-state index in [9.17, 15) is 9.18 Å². The summed E-state index contributed by atoms with van der Waals surface area (Å²) in [5.41, 5.74) is 0.126. The predicted molar refractivity (Wildman–Crippen MR) is 68.1 cm³/mol. The molecule has 0 saturated heterocycles. The molecule has 2 unspecified atom stereocenters. The van der Waals surface area contributed by atoms with E-state index >= 15 is 0 Å². The molecule has 2 nitrogen and oxygen atoms in total. The number of carbonyl (C=O) groups is 1. The molecule has 18 heavy (non-hydrogen) atoms. The summed E-state index contributed by atoms with van der Waals surface area (Å²) in [4.78, 5) is 11.8. The first-order chi connectivity index (χ1) is 8.68. The Balaban J connectivity index is 1.90. The van der Waals surface area contributed by atoms with Crippen molar-refractivity contribution in [2.75, 3.05) is 6.61 Å². The molecule has 0 N–H and O–H groups in total. The number of carbonyl (C=O) groups excluding carboxylic acids is 1. The standard InChI is InChI=1S/C15H19FO2/c1-11-6-2-5-9-15(11)18-10-14(17)12-7-3-4-8-13(12)16/h3-4,7-8,11,15H,2,5-6,9-10H2,1H3. The second-order valence-corrected chi connectivity index (χ2v) is 5.01. The zero-order chi connectivity index (χ0) is 13.0. The topological polar surface area (TPSA) is 26.3 Å². The summed E-state index contributed by atoms with van der Waals surface area (Å²) in [6.07, 6.45) is 4.70. The van der Waals surface area contributed by atoms with Crippen molar-refractivity contribution >= 4 is 5.78 Å². The second kappa shape index (κ2) is 6.10. The molecule has 1 aliphatic carbocycles. The Kier molecular flexibility index (Phi) is 4.48. The first kappa shape index (κ1) is 13.2. The van der Waals surface area contributed by atoms with E-state index in [4.69, 9.17) is 4.74 Å². The molecule has 0 heterocycles. The lowest BCUT2D eigenvalue weighted by molar-refractivity contribution is 0.000615. The lowest BCUT2D eigenvalue weighted by Gasteiger charge is -2.28. The molecule has 3 heteroatoms. The minimum absolute atomic E-state index is 0.0179. The molecular formula is C15H19FO2. The number of ether oxygens (including phenoxy) is 1. The predicted octanol–water partition coefficient (Wildman–Crippen LogP) is 3.60. The van der Waals surface area contributed by atoms with Crippen molar-refractivity contribution < 1.29 is 13.9 Å². The Morgan fingerprint density at radius 3 is 2.78 bits per heavy atom. The van der Waals surface area contributed by atoms with Crippen LogP contribution in [0.4, 0.5) is 4.39 Å². The van der Waals surface area contributed by atoms with Crippen molar-refractivity contribution in [1.82, 2.24) is 0 Å². The molecule has 0 amide bonds. The highest BCUT2D eigenvalue weighted by Crippen LogP contribution is 2.26. The normalized spacial score (nSPS) is 23.9. The SMILES string of the molecule is CC1CCCCC1OCC(=O)c1ccccc1F. The van der Waals surface area contributed by atoms with Gasteiger partial charge in [0.05, 0.1) is 11.7 Å². The highest BCUT2D eigenvalue weighted by Gasteiger charge is 2.23. The fraction of sp³-hybridized carbons (Fsp3) is 0.533. The van der Waals surface area contributed by atoms with Gasteiger partial charge in [0.15, 0.2) is 5.78 Å². The van der Waals surface area contributed by atoms with Gasteiger partial charge in [0.1, 0.15) is 12.4 Å². The first-order valence-corrected chi connectivity index (χ1v) is 6.58. The molecule has 1 aliphatic rings. The third-order valence-corrected chi connectivity index (χ3v) is 3.64. The Morgan fingerprint density at radius 1 is 1.33 bits per heavy atom. The van der Waals surface area contributed by atoms with Crippen LogP contribution < -0.4 is 0 Å². The maximum atomic E-state index is 13.4. The molecule has 98 valence electrons. The van der Waals surface area contributed by atoms with Gasteiger partial charge in [-0.25, -0.2) is 4.39 Å². The smallest absolute Gasteiger partial charge is 0.191 e. The lowest BCUT2D eigenvalue weighted by Crippen LogP contribution is -2.28. The van der Waals surface area contributed by atoms with Crippen LogP contribution in [0, 0.1) is 11.7 Å². The number of Topliss-reactive ketones (excluding diaryl/α,β-unsaturated/α-hetero) is 1. The van der Waals surface area contributed by atoms with Gasteiger partial charge in [-0.2, -0.15) is 0 Å². The molecule has 2 atom stereocenters. The molecule has 0 aromatic heterocycles. The van der Waals surface area contributed by atoms with Crippen LogP contribution in [0.3, 0.4) is 0 Å². The van der Waals surface area contributed by atoms with E-state index in [2.05, 4.69) is 6.92 Å². The summed E-state index contributed by atoms with van der Waals surface area (Å²) in [6.45, 7) is 2.13. The monoisotopic (exact) mass is 250 g/mol. The highest BCUT2D eigenvalue weighted by atomic mass is 19.1. The van der Waals surface area contributed by atoms with Gasteiger partial charge in [-0.1, -0.05) is 31.9 Å². The van der Waals surface area contributed by atoms with Gasteiger partial charge in [0.25, 0.3) is 0 Å². The molecule has 1 aromatic rings. The molecule has 1 fully saturated rings.